The van der Waals surface area contributed by atoms with E-state index < -0.39 is 5.97 Å². The molecule has 3 aromatic rings. The predicted octanol–water partition coefficient (Wildman–Crippen LogP) is 3.05. The van der Waals surface area contributed by atoms with E-state index in [0.29, 0.717) is 22.7 Å². The average molecular weight is 395 g/mol. The maximum absolute atomic E-state index is 12.3. The van der Waals surface area contributed by atoms with Crippen LogP contribution in [0.25, 0.3) is 11.1 Å². The van der Waals surface area contributed by atoms with Crippen LogP contribution < -0.4 is 9.80 Å². The highest BCUT2D eigenvalue weighted by atomic mass is 16.5. The molecule has 0 amide bonds. The fraction of sp³-hybridized carbons (Fsp3) is 0.429. The van der Waals surface area contributed by atoms with Crippen molar-refractivity contribution < 1.29 is 14.1 Å². The number of aryl methyl sites for hydroxylation is 2. The van der Waals surface area contributed by atoms with Gasteiger partial charge in [0.1, 0.15) is 17.0 Å². The molecule has 8 nitrogen and oxygen atoms in total. The van der Waals surface area contributed by atoms with Crippen molar-refractivity contribution in [3.8, 4) is 0 Å². The maximum atomic E-state index is 12.3. The number of hydrogen-bond acceptors (Lipinski definition) is 8. The lowest BCUT2D eigenvalue weighted by Crippen LogP contribution is -2.47. The summed E-state index contributed by atoms with van der Waals surface area (Å²) in [6.07, 6.45) is 0. The van der Waals surface area contributed by atoms with E-state index in [-0.39, 0.29) is 12.3 Å². The van der Waals surface area contributed by atoms with Crippen molar-refractivity contribution in [1.82, 2.24) is 15.1 Å². The summed E-state index contributed by atoms with van der Waals surface area (Å²) in [5, 5.41) is 4.43. The number of piperazine rings is 1. The second-order valence-electron chi connectivity index (χ2n) is 7.22. The third kappa shape index (κ3) is 3.50. The normalized spacial score (nSPS) is 14.5. The van der Waals surface area contributed by atoms with Crippen molar-refractivity contribution in [2.24, 2.45) is 0 Å². The summed E-state index contributed by atoms with van der Waals surface area (Å²) in [7, 11) is 0. The SMILES string of the molecule is CCOC(=O)c1noc2nc(C)nc(N3CCN(c4cccc(C)c4C)CC3)c12. The molecule has 1 aliphatic heterocycles. The van der Waals surface area contributed by atoms with E-state index in [1.807, 2.05) is 6.92 Å². The van der Waals surface area contributed by atoms with Crippen LogP contribution in [0.2, 0.25) is 0 Å². The van der Waals surface area contributed by atoms with Gasteiger partial charge in [0.2, 0.25) is 5.69 Å². The van der Waals surface area contributed by atoms with Crippen molar-refractivity contribution in [1.29, 1.82) is 0 Å². The zero-order chi connectivity index (χ0) is 20.5. The molecule has 4 rings (SSSR count). The first-order chi connectivity index (χ1) is 14.0. The molecule has 29 heavy (non-hydrogen) atoms. The molecule has 1 saturated heterocycles. The number of carbonyl (C=O) groups excluding carboxylic acids is 1. The topological polar surface area (TPSA) is 84.6 Å². The molecule has 0 bridgehead atoms. The van der Waals surface area contributed by atoms with Crippen LogP contribution in [0.5, 0.6) is 0 Å². The predicted molar refractivity (Wildman–Crippen MR) is 111 cm³/mol. The molecule has 0 atom stereocenters. The fourth-order valence-corrected chi connectivity index (χ4v) is 3.75. The second kappa shape index (κ2) is 7.69. The lowest BCUT2D eigenvalue weighted by molar-refractivity contribution is 0.0517. The summed E-state index contributed by atoms with van der Waals surface area (Å²) in [5.41, 5.74) is 4.32. The van der Waals surface area contributed by atoms with Crippen molar-refractivity contribution >= 4 is 28.6 Å². The zero-order valence-corrected chi connectivity index (χ0v) is 17.2. The maximum Gasteiger partial charge on any atom is 0.361 e. The molecule has 1 aliphatic rings. The minimum Gasteiger partial charge on any atom is -0.461 e. The van der Waals surface area contributed by atoms with Gasteiger partial charge in [0.05, 0.1) is 6.61 Å². The van der Waals surface area contributed by atoms with Crippen molar-refractivity contribution in [2.45, 2.75) is 27.7 Å². The van der Waals surface area contributed by atoms with Gasteiger partial charge in [-0.2, -0.15) is 4.98 Å². The van der Waals surface area contributed by atoms with Crippen LogP contribution in [0.4, 0.5) is 11.5 Å². The molecule has 0 N–H and O–H groups in total. The highest BCUT2D eigenvalue weighted by Crippen LogP contribution is 2.30. The van der Waals surface area contributed by atoms with Crippen LogP contribution in [0, 0.1) is 20.8 Å². The Balaban J connectivity index is 1.63. The van der Waals surface area contributed by atoms with E-state index in [0.717, 1.165) is 26.2 Å². The van der Waals surface area contributed by atoms with Gasteiger partial charge in [0, 0.05) is 31.9 Å². The lowest BCUT2D eigenvalue weighted by Gasteiger charge is -2.37. The Bertz CT molecular complexity index is 1050. The molecule has 1 aromatic carbocycles. The summed E-state index contributed by atoms with van der Waals surface area (Å²) in [5.74, 6) is 0.738. The summed E-state index contributed by atoms with van der Waals surface area (Å²) in [6, 6.07) is 6.41. The molecule has 0 radical (unpaired) electrons. The summed E-state index contributed by atoms with van der Waals surface area (Å²) in [4.78, 5) is 25.8. The standard InChI is InChI=1S/C21H25N5O3/c1-5-28-21(27)18-17-19(22-15(4)23-20(17)29-24-18)26-11-9-25(10-12-26)16-8-6-7-13(2)14(16)3/h6-8H,5,9-12H2,1-4H3. The molecule has 152 valence electrons. The first-order valence-corrected chi connectivity index (χ1v) is 9.86. The highest BCUT2D eigenvalue weighted by molar-refractivity contribution is 6.04. The largest absolute Gasteiger partial charge is 0.461 e. The molecule has 0 unspecified atom stereocenters. The molecule has 1 fully saturated rings. The van der Waals surface area contributed by atoms with Crippen LogP contribution in [-0.4, -0.2) is 53.9 Å². The summed E-state index contributed by atoms with van der Waals surface area (Å²) in [6.45, 7) is 11.4. The van der Waals surface area contributed by atoms with Crippen molar-refractivity contribution in [3.05, 3.63) is 40.8 Å². The number of ether oxygens (including phenoxy) is 1. The van der Waals surface area contributed by atoms with Gasteiger partial charge in [-0.15, -0.1) is 0 Å². The Morgan fingerprint density at radius 1 is 1.10 bits per heavy atom. The molecule has 8 heteroatoms. The number of benzene rings is 1. The van der Waals surface area contributed by atoms with Gasteiger partial charge in [0.25, 0.3) is 5.71 Å². The first-order valence-electron chi connectivity index (χ1n) is 9.86. The van der Waals surface area contributed by atoms with Crippen molar-refractivity contribution in [3.63, 3.8) is 0 Å². The van der Waals surface area contributed by atoms with E-state index in [1.54, 1.807) is 6.92 Å². The third-order valence-corrected chi connectivity index (χ3v) is 5.39. The monoisotopic (exact) mass is 395 g/mol. The third-order valence-electron chi connectivity index (χ3n) is 5.39. The quantitative estimate of drug-likeness (QED) is 0.623. The smallest absolute Gasteiger partial charge is 0.361 e. The molecular weight excluding hydrogens is 370 g/mol. The number of anilines is 2. The zero-order valence-electron chi connectivity index (χ0n) is 17.2. The Hall–Kier alpha value is -3.16. The van der Waals surface area contributed by atoms with E-state index >= 15 is 0 Å². The molecule has 2 aromatic heterocycles. The molecule has 0 spiro atoms. The van der Waals surface area contributed by atoms with Gasteiger partial charge >= 0.3 is 5.97 Å². The Labute approximate surface area is 169 Å². The highest BCUT2D eigenvalue weighted by Gasteiger charge is 2.28. The Morgan fingerprint density at radius 3 is 2.55 bits per heavy atom. The number of nitrogens with zero attached hydrogens (tertiary/aromatic N) is 5. The van der Waals surface area contributed by atoms with Crippen LogP contribution >= 0.6 is 0 Å². The number of aromatic nitrogens is 3. The van der Waals surface area contributed by atoms with Crippen LogP contribution in [0.15, 0.2) is 22.7 Å². The molecule has 0 aliphatic carbocycles. The number of fused-ring (bicyclic) bond motifs is 1. The van der Waals surface area contributed by atoms with Crippen LogP contribution in [0.3, 0.4) is 0 Å². The van der Waals surface area contributed by atoms with Gasteiger partial charge in [0.15, 0.2) is 0 Å². The number of hydrogen-bond donors (Lipinski definition) is 0. The van der Waals surface area contributed by atoms with Crippen LogP contribution in [-0.2, 0) is 4.74 Å². The van der Waals surface area contributed by atoms with E-state index in [2.05, 4.69) is 57.0 Å². The average Bonchev–Trinajstić information content (AvgIpc) is 3.14. The van der Waals surface area contributed by atoms with Gasteiger partial charge in [-0.05, 0) is 44.9 Å². The number of esters is 1. The Kier molecular flexibility index (Phi) is 5.08. The number of rotatable bonds is 4. The van der Waals surface area contributed by atoms with Gasteiger partial charge < -0.3 is 19.1 Å². The first kappa shape index (κ1) is 19.2. The van der Waals surface area contributed by atoms with Gasteiger partial charge in [-0.1, -0.05) is 17.3 Å². The summed E-state index contributed by atoms with van der Waals surface area (Å²) < 4.78 is 10.4. The molecular formula is C21H25N5O3. The minimum absolute atomic E-state index is 0.133. The van der Waals surface area contributed by atoms with E-state index in [9.17, 15) is 4.79 Å². The Morgan fingerprint density at radius 2 is 1.83 bits per heavy atom. The number of carbonyl (C=O) groups is 1. The van der Waals surface area contributed by atoms with Gasteiger partial charge in [-0.3, -0.25) is 0 Å². The minimum atomic E-state index is -0.519. The van der Waals surface area contributed by atoms with E-state index in [4.69, 9.17) is 9.26 Å². The van der Waals surface area contributed by atoms with Crippen LogP contribution in [0.1, 0.15) is 34.4 Å². The fourth-order valence-electron chi connectivity index (χ4n) is 3.75. The molecule has 3 heterocycles. The van der Waals surface area contributed by atoms with Gasteiger partial charge in [-0.25, -0.2) is 9.78 Å². The lowest BCUT2D eigenvalue weighted by atomic mass is 10.1. The second-order valence-corrected chi connectivity index (χ2v) is 7.22. The molecule has 0 saturated carbocycles. The van der Waals surface area contributed by atoms with Crippen molar-refractivity contribution in [2.75, 3.05) is 42.6 Å². The summed E-state index contributed by atoms with van der Waals surface area (Å²) >= 11 is 0. The van der Waals surface area contributed by atoms with E-state index in [1.165, 1.54) is 16.8 Å².